The molecule has 10 heteroatoms. The second kappa shape index (κ2) is 13.8. The molecule has 10 nitrogen and oxygen atoms in total. The van der Waals surface area contributed by atoms with E-state index in [1.807, 2.05) is 36.4 Å². The Bertz CT molecular complexity index is 1140. The normalized spacial score (nSPS) is 10.7. The summed E-state index contributed by atoms with van der Waals surface area (Å²) in [5.74, 6) is 1.30. The fourth-order valence-corrected chi connectivity index (χ4v) is 2.82. The van der Waals surface area contributed by atoms with Gasteiger partial charge in [-0.05, 0) is 47.5 Å². The minimum absolute atomic E-state index is 0.252. The number of nitrogens with one attached hydrogen (secondary N) is 2. The first-order chi connectivity index (χ1) is 17.6. The topological polar surface area (TPSA) is 120 Å². The maximum atomic E-state index is 12.0. The van der Waals surface area contributed by atoms with E-state index < -0.39 is 11.8 Å². The predicted molar refractivity (Wildman–Crippen MR) is 135 cm³/mol. The molecule has 0 unspecified atom stereocenters. The molecule has 186 valence electrons. The molecule has 2 N–H and O–H groups in total. The van der Waals surface area contributed by atoms with Crippen molar-refractivity contribution in [2.45, 2.75) is 0 Å². The lowest BCUT2D eigenvalue weighted by Crippen LogP contribution is -2.25. The van der Waals surface area contributed by atoms with Gasteiger partial charge in [-0.3, -0.25) is 9.59 Å². The van der Waals surface area contributed by atoms with Crippen molar-refractivity contribution in [3.05, 3.63) is 83.9 Å². The van der Waals surface area contributed by atoms with E-state index >= 15 is 0 Å². The lowest BCUT2D eigenvalue weighted by Gasteiger charge is -2.08. The highest BCUT2D eigenvalue weighted by atomic mass is 16.5. The summed E-state index contributed by atoms with van der Waals surface area (Å²) in [6, 6.07) is 21.1. The van der Waals surface area contributed by atoms with Crippen molar-refractivity contribution in [1.29, 1.82) is 0 Å². The fraction of sp³-hybridized carbons (Fsp3) is 0.154. The van der Waals surface area contributed by atoms with Crippen molar-refractivity contribution in [2.24, 2.45) is 10.2 Å². The Morgan fingerprint density at radius 2 is 1.08 bits per heavy atom. The molecule has 0 atom stereocenters. The van der Waals surface area contributed by atoms with E-state index in [9.17, 15) is 9.59 Å². The van der Waals surface area contributed by atoms with Crippen molar-refractivity contribution >= 4 is 24.2 Å². The number of nitrogens with zero attached hydrogens (tertiary/aromatic N) is 2. The average molecular weight is 491 g/mol. The first kappa shape index (κ1) is 25.8. The van der Waals surface area contributed by atoms with Crippen molar-refractivity contribution in [2.75, 3.05) is 27.4 Å². The summed E-state index contributed by atoms with van der Waals surface area (Å²) in [6.45, 7) is -0.503. The third-order valence-corrected chi connectivity index (χ3v) is 4.54. The van der Waals surface area contributed by atoms with E-state index in [0.717, 1.165) is 11.1 Å². The van der Waals surface area contributed by atoms with Crippen molar-refractivity contribution in [3.63, 3.8) is 0 Å². The van der Waals surface area contributed by atoms with Gasteiger partial charge < -0.3 is 18.9 Å². The summed E-state index contributed by atoms with van der Waals surface area (Å²) in [5.41, 5.74) is 6.33. The molecule has 0 aromatic heterocycles. The Kier molecular flexibility index (Phi) is 9.84. The van der Waals surface area contributed by atoms with Crippen LogP contribution >= 0.6 is 0 Å². The summed E-state index contributed by atoms with van der Waals surface area (Å²) >= 11 is 0. The van der Waals surface area contributed by atoms with E-state index in [4.69, 9.17) is 18.9 Å². The number of hydrogen-bond donors (Lipinski definition) is 2. The third kappa shape index (κ3) is 8.82. The van der Waals surface area contributed by atoms with Gasteiger partial charge in [0.05, 0.1) is 26.6 Å². The van der Waals surface area contributed by atoms with Crippen LogP contribution in [0.1, 0.15) is 11.1 Å². The van der Waals surface area contributed by atoms with E-state index in [-0.39, 0.29) is 13.2 Å². The molecule has 36 heavy (non-hydrogen) atoms. The summed E-state index contributed by atoms with van der Waals surface area (Å²) in [6.07, 6.45) is 3.00. The van der Waals surface area contributed by atoms with Crippen LogP contribution in [0.4, 0.5) is 0 Å². The number of benzene rings is 3. The monoisotopic (exact) mass is 490 g/mol. The lowest BCUT2D eigenvalue weighted by atomic mass is 10.2. The average Bonchev–Trinajstić information content (AvgIpc) is 2.91. The van der Waals surface area contributed by atoms with Crippen LogP contribution in [-0.4, -0.2) is 51.7 Å². The number of hydrogen-bond acceptors (Lipinski definition) is 8. The Morgan fingerprint density at radius 1 is 0.667 bits per heavy atom. The number of hydrazone groups is 2. The smallest absolute Gasteiger partial charge is 0.277 e. The summed E-state index contributed by atoms with van der Waals surface area (Å²) in [4.78, 5) is 24.0. The van der Waals surface area contributed by atoms with Gasteiger partial charge in [0.1, 0.15) is 23.0 Å². The molecule has 0 saturated heterocycles. The van der Waals surface area contributed by atoms with Gasteiger partial charge in [-0.1, -0.05) is 30.3 Å². The van der Waals surface area contributed by atoms with Crippen molar-refractivity contribution < 1.29 is 28.5 Å². The largest absolute Gasteiger partial charge is 0.497 e. The minimum Gasteiger partial charge on any atom is -0.497 e. The Labute approximate surface area is 208 Å². The molecule has 0 spiro atoms. The zero-order valence-corrected chi connectivity index (χ0v) is 19.8. The van der Waals surface area contributed by atoms with E-state index in [1.165, 1.54) is 12.4 Å². The standard InChI is InChI=1S/C26H26N4O6/c1-33-21-8-3-6-19(12-21)15-27-29-25(31)17-35-23-10-5-11-24(14-23)36-18-26(32)30-28-16-20-7-4-9-22(13-20)34-2/h3-16H,17-18H2,1-2H3,(H,29,31)(H,30,32). The number of carbonyl (C=O) groups excluding carboxylic acids is 2. The van der Waals surface area contributed by atoms with E-state index in [1.54, 1.807) is 50.6 Å². The highest BCUT2D eigenvalue weighted by Crippen LogP contribution is 2.19. The minimum atomic E-state index is -0.436. The highest BCUT2D eigenvalue weighted by Gasteiger charge is 2.05. The van der Waals surface area contributed by atoms with Gasteiger partial charge >= 0.3 is 0 Å². The number of ether oxygens (including phenoxy) is 4. The molecule has 2 amide bonds. The molecule has 0 radical (unpaired) electrons. The molecule has 0 saturated carbocycles. The van der Waals surface area contributed by atoms with Gasteiger partial charge in [-0.15, -0.1) is 0 Å². The van der Waals surface area contributed by atoms with E-state index in [0.29, 0.717) is 23.0 Å². The maximum absolute atomic E-state index is 12.0. The first-order valence-electron chi connectivity index (χ1n) is 10.8. The predicted octanol–water partition coefficient (Wildman–Crippen LogP) is 2.76. The molecule has 3 aromatic carbocycles. The SMILES string of the molecule is COc1cccc(C=NNC(=O)COc2cccc(OCC(=O)NN=Cc3cccc(OC)c3)c2)c1. The molecular formula is C26H26N4O6. The highest BCUT2D eigenvalue weighted by molar-refractivity contribution is 5.84. The molecular weight excluding hydrogens is 464 g/mol. The summed E-state index contributed by atoms with van der Waals surface area (Å²) in [7, 11) is 3.15. The molecule has 0 fully saturated rings. The number of methoxy groups -OCH3 is 2. The first-order valence-corrected chi connectivity index (χ1v) is 10.8. The van der Waals surface area contributed by atoms with Gasteiger partial charge in [0.2, 0.25) is 0 Å². The van der Waals surface area contributed by atoms with Crippen LogP contribution < -0.4 is 29.8 Å². The van der Waals surface area contributed by atoms with Gasteiger partial charge in [-0.25, -0.2) is 10.9 Å². The van der Waals surface area contributed by atoms with Gasteiger partial charge in [0.25, 0.3) is 11.8 Å². The zero-order chi connectivity index (χ0) is 25.6. The lowest BCUT2D eigenvalue weighted by molar-refractivity contribution is -0.123. The second-order valence-electron chi connectivity index (χ2n) is 7.19. The molecule has 3 rings (SSSR count). The fourth-order valence-electron chi connectivity index (χ4n) is 2.82. The summed E-state index contributed by atoms with van der Waals surface area (Å²) in [5, 5.41) is 7.80. The van der Waals surface area contributed by atoms with Gasteiger partial charge in [0.15, 0.2) is 13.2 Å². The zero-order valence-electron chi connectivity index (χ0n) is 19.8. The van der Waals surface area contributed by atoms with Gasteiger partial charge in [0, 0.05) is 6.07 Å². The van der Waals surface area contributed by atoms with Crippen LogP contribution in [0.3, 0.4) is 0 Å². The van der Waals surface area contributed by atoms with Crippen LogP contribution in [0.25, 0.3) is 0 Å². The van der Waals surface area contributed by atoms with Crippen LogP contribution in [-0.2, 0) is 9.59 Å². The maximum Gasteiger partial charge on any atom is 0.277 e. The number of carbonyl (C=O) groups is 2. The second-order valence-corrected chi connectivity index (χ2v) is 7.19. The molecule has 0 bridgehead atoms. The van der Waals surface area contributed by atoms with Crippen LogP contribution in [0.5, 0.6) is 23.0 Å². The Hall–Kier alpha value is -4.86. The Balaban J connectivity index is 1.40. The molecule has 3 aromatic rings. The molecule has 0 heterocycles. The third-order valence-electron chi connectivity index (χ3n) is 4.54. The molecule has 0 aliphatic carbocycles. The molecule has 0 aliphatic rings. The Morgan fingerprint density at radius 3 is 1.53 bits per heavy atom. The summed E-state index contributed by atoms with van der Waals surface area (Å²) < 4.78 is 21.2. The van der Waals surface area contributed by atoms with Crippen LogP contribution in [0.2, 0.25) is 0 Å². The van der Waals surface area contributed by atoms with Crippen LogP contribution in [0.15, 0.2) is 83.0 Å². The van der Waals surface area contributed by atoms with Gasteiger partial charge in [-0.2, -0.15) is 10.2 Å². The van der Waals surface area contributed by atoms with Crippen molar-refractivity contribution in [1.82, 2.24) is 10.9 Å². The van der Waals surface area contributed by atoms with E-state index in [2.05, 4.69) is 21.1 Å². The number of amides is 2. The van der Waals surface area contributed by atoms with Crippen LogP contribution in [0, 0.1) is 0 Å². The van der Waals surface area contributed by atoms with Crippen molar-refractivity contribution in [3.8, 4) is 23.0 Å². The quantitative estimate of drug-likeness (QED) is 0.298. The number of rotatable bonds is 12. The molecule has 0 aliphatic heterocycles.